The quantitative estimate of drug-likeness (QED) is 0.677. The second kappa shape index (κ2) is 7.68. The Bertz CT molecular complexity index is 327. The molecule has 0 unspecified atom stereocenters. The molecular weight excluding hydrogens is 218 g/mol. The Morgan fingerprint density at radius 1 is 1.18 bits per heavy atom. The van der Waals surface area contributed by atoms with Crippen LogP contribution in [0.15, 0.2) is 30.3 Å². The first-order valence-corrected chi connectivity index (χ1v) is 5.63. The van der Waals surface area contributed by atoms with Gasteiger partial charge in [0.1, 0.15) is 0 Å². The zero-order valence-corrected chi connectivity index (χ0v) is 10.4. The molecule has 4 heteroatoms. The van der Waals surface area contributed by atoms with Gasteiger partial charge in [-0.15, -0.1) is 0 Å². The Balaban J connectivity index is 2.57. The van der Waals surface area contributed by atoms with Crippen LogP contribution < -0.4 is 4.90 Å². The molecule has 0 fully saturated rings. The van der Waals surface area contributed by atoms with E-state index in [0.29, 0.717) is 19.6 Å². The van der Waals surface area contributed by atoms with Gasteiger partial charge in [-0.25, -0.2) is 0 Å². The van der Waals surface area contributed by atoms with Crippen molar-refractivity contribution < 1.29 is 14.3 Å². The van der Waals surface area contributed by atoms with E-state index in [1.165, 1.54) is 7.11 Å². The van der Waals surface area contributed by atoms with Gasteiger partial charge in [-0.05, 0) is 12.1 Å². The molecule has 0 aliphatic rings. The summed E-state index contributed by atoms with van der Waals surface area (Å²) >= 11 is 0. The summed E-state index contributed by atoms with van der Waals surface area (Å²) in [5.41, 5.74) is 1.09. The fraction of sp³-hybridized carbons (Fsp3) is 0.462. The van der Waals surface area contributed by atoms with Crippen molar-refractivity contribution in [1.29, 1.82) is 0 Å². The molecule has 0 aliphatic heterocycles. The van der Waals surface area contributed by atoms with Gasteiger partial charge in [-0.2, -0.15) is 0 Å². The van der Waals surface area contributed by atoms with Crippen molar-refractivity contribution in [2.24, 2.45) is 0 Å². The van der Waals surface area contributed by atoms with Crippen LogP contribution in [0.2, 0.25) is 0 Å². The number of methoxy groups -OCH3 is 2. The fourth-order valence-corrected chi connectivity index (χ4v) is 1.54. The van der Waals surface area contributed by atoms with Crippen LogP contribution in [-0.4, -0.2) is 39.9 Å². The zero-order valence-electron chi connectivity index (χ0n) is 10.4. The molecular formula is C13H19NO3. The molecule has 0 atom stereocenters. The van der Waals surface area contributed by atoms with Crippen molar-refractivity contribution in [3.8, 4) is 0 Å². The maximum atomic E-state index is 11.1. The van der Waals surface area contributed by atoms with E-state index in [-0.39, 0.29) is 5.97 Å². The average Bonchev–Trinajstić information content (AvgIpc) is 2.39. The highest BCUT2D eigenvalue weighted by molar-refractivity contribution is 5.70. The molecule has 0 spiro atoms. The zero-order chi connectivity index (χ0) is 12.5. The molecule has 94 valence electrons. The van der Waals surface area contributed by atoms with Gasteiger partial charge in [0.25, 0.3) is 0 Å². The Kier molecular flexibility index (Phi) is 6.10. The summed E-state index contributed by atoms with van der Waals surface area (Å²) in [6.45, 7) is 2.04. The largest absolute Gasteiger partial charge is 0.469 e. The maximum Gasteiger partial charge on any atom is 0.307 e. The van der Waals surface area contributed by atoms with Gasteiger partial charge < -0.3 is 14.4 Å². The number of anilines is 1. The van der Waals surface area contributed by atoms with Crippen LogP contribution in [0.5, 0.6) is 0 Å². The standard InChI is InChI=1S/C13H19NO3/c1-16-11-10-14(9-8-13(15)17-2)12-6-4-3-5-7-12/h3-7H,8-11H2,1-2H3. The Labute approximate surface area is 102 Å². The number of para-hydroxylation sites is 1. The molecule has 1 aromatic carbocycles. The SMILES string of the molecule is COCCN(CCC(=O)OC)c1ccccc1. The fourth-order valence-electron chi connectivity index (χ4n) is 1.54. The van der Waals surface area contributed by atoms with Crippen molar-refractivity contribution in [1.82, 2.24) is 0 Å². The van der Waals surface area contributed by atoms with Gasteiger partial charge in [-0.1, -0.05) is 18.2 Å². The van der Waals surface area contributed by atoms with Crippen LogP contribution in [0.3, 0.4) is 0 Å². The van der Waals surface area contributed by atoms with Crippen molar-refractivity contribution in [3.63, 3.8) is 0 Å². The van der Waals surface area contributed by atoms with Crippen LogP contribution in [0.1, 0.15) is 6.42 Å². The van der Waals surface area contributed by atoms with Gasteiger partial charge in [0.15, 0.2) is 0 Å². The van der Waals surface area contributed by atoms with Gasteiger partial charge in [0.05, 0.1) is 20.1 Å². The number of carbonyl (C=O) groups is 1. The second-order valence-electron chi connectivity index (χ2n) is 3.64. The van der Waals surface area contributed by atoms with Crippen molar-refractivity contribution >= 4 is 11.7 Å². The molecule has 0 amide bonds. The van der Waals surface area contributed by atoms with Crippen LogP contribution in [0, 0.1) is 0 Å². The third kappa shape index (κ3) is 4.87. The number of benzene rings is 1. The summed E-state index contributed by atoms with van der Waals surface area (Å²) < 4.78 is 9.71. The highest BCUT2D eigenvalue weighted by Crippen LogP contribution is 2.13. The van der Waals surface area contributed by atoms with E-state index >= 15 is 0 Å². The monoisotopic (exact) mass is 237 g/mol. The van der Waals surface area contributed by atoms with E-state index < -0.39 is 0 Å². The van der Waals surface area contributed by atoms with Crippen LogP contribution in [0.25, 0.3) is 0 Å². The third-order valence-corrected chi connectivity index (χ3v) is 2.50. The van der Waals surface area contributed by atoms with Crippen LogP contribution in [-0.2, 0) is 14.3 Å². The number of carbonyl (C=O) groups excluding carboxylic acids is 1. The number of ether oxygens (including phenoxy) is 2. The molecule has 0 aliphatic carbocycles. The van der Waals surface area contributed by atoms with E-state index in [1.54, 1.807) is 7.11 Å². The summed E-state index contributed by atoms with van der Waals surface area (Å²) in [6.07, 6.45) is 0.384. The average molecular weight is 237 g/mol. The number of hydrogen-bond donors (Lipinski definition) is 0. The minimum atomic E-state index is -0.191. The lowest BCUT2D eigenvalue weighted by molar-refractivity contribution is -0.140. The minimum Gasteiger partial charge on any atom is -0.469 e. The molecule has 4 nitrogen and oxygen atoms in total. The lowest BCUT2D eigenvalue weighted by Crippen LogP contribution is -2.29. The highest BCUT2D eigenvalue weighted by atomic mass is 16.5. The molecule has 0 saturated carbocycles. The molecule has 0 bridgehead atoms. The topological polar surface area (TPSA) is 38.8 Å². The lowest BCUT2D eigenvalue weighted by Gasteiger charge is -2.23. The smallest absolute Gasteiger partial charge is 0.307 e. The molecule has 0 saturated heterocycles. The minimum absolute atomic E-state index is 0.191. The molecule has 1 rings (SSSR count). The van der Waals surface area contributed by atoms with Crippen molar-refractivity contribution in [3.05, 3.63) is 30.3 Å². The molecule has 0 radical (unpaired) electrons. The first-order chi connectivity index (χ1) is 8.27. The summed E-state index contributed by atoms with van der Waals surface area (Å²) in [6, 6.07) is 9.97. The maximum absolute atomic E-state index is 11.1. The van der Waals surface area contributed by atoms with E-state index in [9.17, 15) is 4.79 Å². The predicted molar refractivity (Wildman–Crippen MR) is 67.2 cm³/mol. The van der Waals surface area contributed by atoms with Crippen molar-refractivity contribution in [2.45, 2.75) is 6.42 Å². The number of esters is 1. The van der Waals surface area contributed by atoms with E-state index in [2.05, 4.69) is 9.64 Å². The van der Waals surface area contributed by atoms with Gasteiger partial charge >= 0.3 is 5.97 Å². The first-order valence-electron chi connectivity index (χ1n) is 5.63. The Morgan fingerprint density at radius 2 is 1.88 bits per heavy atom. The molecule has 0 heterocycles. The molecule has 0 aromatic heterocycles. The van der Waals surface area contributed by atoms with Gasteiger partial charge in [0, 0.05) is 25.9 Å². The van der Waals surface area contributed by atoms with Crippen molar-refractivity contribution in [2.75, 3.05) is 38.8 Å². The van der Waals surface area contributed by atoms with E-state index in [1.807, 2.05) is 30.3 Å². The predicted octanol–water partition coefficient (Wildman–Crippen LogP) is 1.70. The third-order valence-electron chi connectivity index (χ3n) is 2.50. The lowest BCUT2D eigenvalue weighted by atomic mass is 10.2. The summed E-state index contributed by atoms with van der Waals surface area (Å²) in [5, 5.41) is 0. The summed E-state index contributed by atoms with van der Waals surface area (Å²) in [7, 11) is 3.08. The summed E-state index contributed by atoms with van der Waals surface area (Å²) in [4.78, 5) is 13.3. The molecule has 1 aromatic rings. The summed E-state index contributed by atoms with van der Waals surface area (Å²) in [5.74, 6) is -0.191. The van der Waals surface area contributed by atoms with Gasteiger partial charge in [0.2, 0.25) is 0 Å². The number of hydrogen-bond acceptors (Lipinski definition) is 4. The first kappa shape index (κ1) is 13.5. The highest BCUT2D eigenvalue weighted by Gasteiger charge is 2.08. The molecule has 17 heavy (non-hydrogen) atoms. The van der Waals surface area contributed by atoms with E-state index in [0.717, 1.165) is 12.2 Å². The Morgan fingerprint density at radius 3 is 2.47 bits per heavy atom. The second-order valence-corrected chi connectivity index (χ2v) is 3.64. The van der Waals surface area contributed by atoms with Crippen LogP contribution >= 0.6 is 0 Å². The number of nitrogens with zero attached hydrogens (tertiary/aromatic N) is 1. The van der Waals surface area contributed by atoms with Gasteiger partial charge in [-0.3, -0.25) is 4.79 Å². The normalized spacial score (nSPS) is 10.0. The van der Waals surface area contributed by atoms with Crippen LogP contribution in [0.4, 0.5) is 5.69 Å². The number of rotatable bonds is 7. The molecule has 0 N–H and O–H groups in total. The van der Waals surface area contributed by atoms with E-state index in [4.69, 9.17) is 4.74 Å². The Hall–Kier alpha value is -1.55.